The van der Waals surface area contributed by atoms with Gasteiger partial charge in [0, 0.05) is 17.4 Å². The van der Waals surface area contributed by atoms with Crippen LogP contribution < -0.4 is 0 Å². The van der Waals surface area contributed by atoms with Gasteiger partial charge < -0.3 is 4.90 Å². The monoisotopic (exact) mass is 295 g/mol. The van der Waals surface area contributed by atoms with Crippen LogP contribution in [-0.2, 0) is 4.79 Å². The molecule has 17 heavy (non-hydrogen) atoms. The molecule has 3 heteroatoms. The average molecular weight is 296 g/mol. The van der Waals surface area contributed by atoms with Crippen LogP contribution in [0.15, 0.2) is 28.7 Å². The lowest BCUT2D eigenvalue weighted by Crippen LogP contribution is -2.38. The summed E-state index contributed by atoms with van der Waals surface area (Å²) in [5, 5.41) is 0. The van der Waals surface area contributed by atoms with Gasteiger partial charge in [-0.1, -0.05) is 35.0 Å². The molecule has 0 N–H and O–H groups in total. The Morgan fingerprint density at radius 1 is 1.35 bits per heavy atom. The molecule has 1 atom stereocenters. The molecule has 0 aliphatic carbocycles. The van der Waals surface area contributed by atoms with Crippen LogP contribution in [0.4, 0.5) is 0 Å². The van der Waals surface area contributed by atoms with Crippen LogP contribution in [0.3, 0.4) is 0 Å². The second kappa shape index (κ2) is 5.67. The molecule has 1 aromatic carbocycles. The first-order valence-electron chi connectivity index (χ1n) is 6.27. The summed E-state index contributed by atoms with van der Waals surface area (Å²) in [6.45, 7) is 2.85. The van der Waals surface area contributed by atoms with Gasteiger partial charge in [0.1, 0.15) is 0 Å². The Hall–Kier alpha value is -0.830. The Bertz CT molecular complexity index is 388. The van der Waals surface area contributed by atoms with Gasteiger partial charge in [-0.25, -0.2) is 0 Å². The number of nitrogens with zero attached hydrogens (tertiary/aromatic N) is 1. The van der Waals surface area contributed by atoms with Crippen molar-refractivity contribution in [3.63, 3.8) is 0 Å². The van der Waals surface area contributed by atoms with E-state index in [0.717, 1.165) is 23.9 Å². The minimum absolute atomic E-state index is 0.276. The molecule has 1 unspecified atom stereocenters. The van der Waals surface area contributed by atoms with E-state index in [9.17, 15) is 4.79 Å². The first-order chi connectivity index (χ1) is 8.22. The van der Waals surface area contributed by atoms with Gasteiger partial charge in [0.15, 0.2) is 0 Å². The Balaban J connectivity index is 2.21. The van der Waals surface area contributed by atoms with E-state index >= 15 is 0 Å². The molecule has 1 amide bonds. The highest BCUT2D eigenvalue weighted by atomic mass is 79.9. The minimum atomic E-state index is 0.276. The fourth-order valence-corrected chi connectivity index (χ4v) is 2.73. The molecule has 0 bridgehead atoms. The molecule has 0 radical (unpaired) electrons. The number of amides is 1. The Morgan fingerprint density at radius 2 is 2.06 bits per heavy atom. The van der Waals surface area contributed by atoms with Gasteiger partial charge in [-0.2, -0.15) is 0 Å². The molecule has 92 valence electrons. The lowest BCUT2D eigenvalue weighted by molar-refractivity contribution is -0.134. The number of halogens is 1. The van der Waals surface area contributed by atoms with Crippen molar-refractivity contribution in [2.75, 3.05) is 6.54 Å². The van der Waals surface area contributed by atoms with Crippen molar-refractivity contribution in [3.05, 3.63) is 34.3 Å². The molecule has 1 aliphatic heterocycles. The quantitative estimate of drug-likeness (QED) is 0.810. The number of piperidine rings is 1. The fraction of sp³-hybridized carbons (Fsp3) is 0.500. The molecule has 1 aromatic rings. The average Bonchev–Trinajstić information content (AvgIpc) is 2.39. The number of hydrogen-bond acceptors (Lipinski definition) is 1. The maximum Gasteiger partial charge on any atom is 0.222 e. The maximum absolute atomic E-state index is 11.9. The summed E-state index contributed by atoms with van der Waals surface area (Å²) in [5.41, 5.74) is 1.26. The lowest BCUT2D eigenvalue weighted by Gasteiger charge is -2.36. The second-order valence-corrected chi connectivity index (χ2v) is 5.42. The van der Waals surface area contributed by atoms with E-state index in [-0.39, 0.29) is 11.9 Å². The van der Waals surface area contributed by atoms with Crippen LogP contribution >= 0.6 is 15.9 Å². The summed E-state index contributed by atoms with van der Waals surface area (Å²) in [4.78, 5) is 14.0. The molecular formula is C14H18BrNO. The number of likely N-dealkylation sites (tertiary alicyclic amines) is 1. The second-order valence-electron chi connectivity index (χ2n) is 4.50. The summed E-state index contributed by atoms with van der Waals surface area (Å²) in [6, 6.07) is 8.63. The van der Waals surface area contributed by atoms with Crippen molar-refractivity contribution < 1.29 is 4.79 Å². The molecule has 1 aliphatic rings. The third kappa shape index (κ3) is 2.89. The number of carbonyl (C=O) groups is 1. The highest BCUT2D eigenvalue weighted by Crippen LogP contribution is 2.31. The topological polar surface area (TPSA) is 20.3 Å². The number of hydrogen-bond donors (Lipinski definition) is 0. The third-order valence-corrected chi connectivity index (χ3v) is 3.91. The highest BCUT2D eigenvalue weighted by molar-refractivity contribution is 9.10. The molecule has 1 saturated heterocycles. The summed E-state index contributed by atoms with van der Waals surface area (Å²) < 4.78 is 1.09. The van der Waals surface area contributed by atoms with Crippen molar-refractivity contribution in [2.24, 2.45) is 0 Å². The minimum Gasteiger partial charge on any atom is -0.336 e. The summed E-state index contributed by atoms with van der Waals surface area (Å²) in [6.07, 6.45) is 4.05. The van der Waals surface area contributed by atoms with Crippen LogP contribution in [-0.4, -0.2) is 17.4 Å². The zero-order valence-electron chi connectivity index (χ0n) is 10.2. The van der Waals surface area contributed by atoms with Crippen LogP contribution in [0.5, 0.6) is 0 Å². The zero-order chi connectivity index (χ0) is 12.3. The highest BCUT2D eigenvalue weighted by Gasteiger charge is 2.26. The van der Waals surface area contributed by atoms with Gasteiger partial charge in [0.2, 0.25) is 5.91 Å². The number of rotatable bonds is 2. The Kier molecular flexibility index (Phi) is 4.21. The summed E-state index contributed by atoms with van der Waals surface area (Å²) in [7, 11) is 0. The van der Waals surface area contributed by atoms with Gasteiger partial charge in [-0.15, -0.1) is 0 Å². The van der Waals surface area contributed by atoms with Gasteiger partial charge in [-0.3, -0.25) is 4.79 Å². The predicted octanol–water partition coefficient (Wildman–Crippen LogP) is 3.91. The molecule has 2 nitrogen and oxygen atoms in total. The van der Waals surface area contributed by atoms with E-state index < -0.39 is 0 Å². The van der Waals surface area contributed by atoms with Crippen molar-refractivity contribution in [3.8, 4) is 0 Å². The Morgan fingerprint density at radius 3 is 2.71 bits per heavy atom. The SMILES string of the molecule is CCC(=O)N1CCCCC1c1ccc(Br)cc1. The first kappa shape index (κ1) is 12.6. The van der Waals surface area contributed by atoms with E-state index in [1.165, 1.54) is 12.0 Å². The van der Waals surface area contributed by atoms with Crippen molar-refractivity contribution in [2.45, 2.75) is 38.6 Å². The molecule has 1 heterocycles. The normalized spacial score (nSPS) is 20.4. The van der Waals surface area contributed by atoms with Crippen LogP contribution in [0, 0.1) is 0 Å². The maximum atomic E-state index is 11.9. The van der Waals surface area contributed by atoms with Gasteiger partial charge in [-0.05, 0) is 37.0 Å². The first-order valence-corrected chi connectivity index (χ1v) is 7.06. The van der Waals surface area contributed by atoms with Crippen molar-refractivity contribution >= 4 is 21.8 Å². The molecule has 1 fully saturated rings. The van der Waals surface area contributed by atoms with Gasteiger partial charge >= 0.3 is 0 Å². The third-order valence-electron chi connectivity index (χ3n) is 3.38. The fourth-order valence-electron chi connectivity index (χ4n) is 2.46. The van der Waals surface area contributed by atoms with Crippen molar-refractivity contribution in [1.82, 2.24) is 4.90 Å². The van der Waals surface area contributed by atoms with Crippen LogP contribution in [0.1, 0.15) is 44.2 Å². The van der Waals surface area contributed by atoms with E-state index in [2.05, 4.69) is 40.2 Å². The van der Waals surface area contributed by atoms with Crippen molar-refractivity contribution in [1.29, 1.82) is 0 Å². The zero-order valence-corrected chi connectivity index (χ0v) is 11.7. The summed E-state index contributed by atoms with van der Waals surface area (Å²) in [5.74, 6) is 0.276. The van der Waals surface area contributed by atoms with Crippen LogP contribution in [0.2, 0.25) is 0 Å². The van der Waals surface area contributed by atoms with E-state index in [0.29, 0.717) is 6.42 Å². The predicted molar refractivity (Wildman–Crippen MR) is 72.7 cm³/mol. The lowest BCUT2D eigenvalue weighted by atomic mass is 9.95. The number of benzene rings is 1. The van der Waals surface area contributed by atoms with E-state index in [1.807, 2.05) is 11.8 Å². The molecule has 0 saturated carbocycles. The van der Waals surface area contributed by atoms with E-state index in [1.54, 1.807) is 0 Å². The van der Waals surface area contributed by atoms with Gasteiger partial charge in [0.05, 0.1) is 6.04 Å². The van der Waals surface area contributed by atoms with Gasteiger partial charge in [0.25, 0.3) is 0 Å². The largest absolute Gasteiger partial charge is 0.336 e. The van der Waals surface area contributed by atoms with Crippen LogP contribution in [0.25, 0.3) is 0 Å². The number of carbonyl (C=O) groups excluding carboxylic acids is 1. The van der Waals surface area contributed by atoms with E-state index in [4.69, 9.17) is 0 Å². The smallest absolute Gasteiger partial charge is 0.222 e. The molecule has 0 aromatic heterocycles. The Labute approximate surface area is 111 Å². The standard InChI is InChI=1S/C14H18BrNO/c1-2-14(17)16-10-4-3-5-13(16)11-6-8-12(15)9-7-11/h6-9,13H,2-5,10H2,1H3. The molecule has 0 spiro atoms. The molecular weight excluding hydrogens is 278 g/mol. The molecule has 2 rings (SSSR count). The summed E-state index contributed by atoms with van der Waals surface area (Å²) >= 11 is 3.45.